The first-order valence-corrected chi connectivity index (χ1v) is 6.85. The molecule has 2 aromatic rings. The molecule has 2 aromatic heterocycles. The number of nitrogens with zero attached hydrogens (tertiary/aromatic N) is 3. The average Bonchev–Trinajstić information content (AvgIpc) is 2.97. The van der Waals surface area contributed by atoms with E-state index in [1.54, 1.807) is 0 Å². The fourth-order valence-electron chi connectivity index (χ4n) is 2.60. The van der Waals surface area contributed by atoms with Crippen LogP contribution in [0.2, 0.25) is 0 Å². The molecule has 0 aromatic carbocycles. The van der Waals surface area contributed by atoms with E-state index < -0.39 is 0 Å². The van der Waals surface area contributed by atoms with Crippen LogP contribution in [-0.2, 0) is 0 Å². The van der Waals surface area contributed by atoms with E-state index in [2.05, 4.69) is 35.3 Å². The molecule has 3 rings (SSSR count). The number of nitrogens with one attached hydrogen (secondary N) is 1. The van der Waals surface area contributed by atoms with Crippen molar-refractivity contribution in [3.05, 3.63) is 24.2 Å². The van der Waals surface area contributed by atoms with Crippen molar-refractivity contribution in [3.8, 4) is 0 Å². The second kappa shape index (κ2) is 4.59. The molecule has 96 valence electrons. The van der Waals surface area contributed by atoms with Crippen molar-refractivity contribution in [1.29, 1.82) is 0 Å². The van der Waals surface area contributed by atoms with E-state index in [9.17, 15) is 0 Å². The first-order valence-electron chi connectivity index (χ1n) is 6.85. The van der Waals surface area contributed by atoms with E-state index >= 15 is 0 Å². The lowest BCUT2D eigenvalue weighted by molar-refractivity contribution is 0.748. The Hall–Kier alpha value is -1.58. The summed E-state index contributed by atoms with van der Waals surface area (Å²) in [6.45, 7) is 4.33. The van der Waals surface area contributed by atoms with Crippen LogP contribution in [0.15, 0.2) is 18.5 Å². The van der Waals surface area contributed by atoms with E-state index in [1.165, 1.54) is 25.7 Å². The maximum Gasteiger partial charge on any atom is 0.152 e. The van der Waals surface area contributed by atoms with Gasteiger partial charge < -0.3 is 5.32 Å². The molecule has 0 radical (unpaired) electrons. The summed E-state index contributed by atoms with van der Waals surface area (Å²) in [5, 5.41) is 8.15. The van der Waals surface area contributed by atoms with Gasteiger partial charge in [-0.25, -0.2) is 9.50 Å². The fraction of sp³-hybridized carbons (Fsp3) is 0.571. The van der Waals surface area contributed by atoms with E-state index in [0.29, 0.717) is 12.0 Å². The smallest absolute Gasteiger partial charge is 0.152 e. The summed E-state index contributed by atoms with van der Waals surface area (Å²) in [6, 6.07) is 2.73. The monoisotopic (exact) mass is 244 g/mol. The zero-order chi connectivity index (χ0) is 12.5. The molecule has 0 bridgehead atoms. The second-order valence-electron chi connectivity index (χ2n) is 5.46. The number of anilines is 1. The number of hydrogen-bond donors (Lipinski definition) is 1. The number of hydrogen-bond acceptors (Lipinski definition) is 3. The zero-order valence-corrected chi connectivity index (χ0v) is 11.1. The van der Waals surface area contributed by atoms with Crippen molar-refractivity contribution in [2.24, 2.45) is 0 Å². The van der Waals surface area contributed by atoms with Gasteiger partial charge in [0.25, 0.3) is 0 Å². The van der Waals surface area contributed by atoms with Crippen LogP contribution < -0.4 is 5.32 Å². The lowest BCUT2D eigenvalue weighted by atomic mass is 10.1. The third kappa shape index (κ3) is 2.07. The third-order valence-electron chi connectivity index (χ3n) is 3.70. The Balaban J connectivity index is 1.95. The van der Waals surface area contributed by atoms with E-state index in [0.717, 1.165) is 17.0 Å². The Morgan fingerprint density at radius 3 is 2.83 bits per heavy atom. The molecule has 1 aliphatic carbocycles. The highest BCUT2D eigenvalue weighted by Crippen LogP contribution is 2.25. The maximum atomic E-state index is 4.58. The molecule has 0 amide bonds. The summed E-state index contributed by atoms with van der Waals surface area (Å²) in [5.74, 6) is 1.42. The minimum Gasteiger partial charge on any atom is -0.366 e. The highest BCUT2D eigenvalue weighted by atomic mass is 15.2. The van der Waals surface area contributed by atoms with Crippen LogP contribution in [0.4, 0.5) is 5.82 Å². The average molecular weight is 244 g/mol. The molecular formula is C14H20N4. The quantitative estimate of drug-likeness (QED) is 0.901. The van der Waals surface area contributed by atoms with Crippen LogP contribution in [0.1, 0.15) is 51.1 Å². The summed E-state index contributed by atoms with van der Waals surface area (Å²) in [5.41, 5.74) is 2.21. The molecule has 1 fully saturated rings. The maximum absolute atomic E-state index is 4.58. The Bertz CT molecular complexity index is 538. The summed E-state index contributed by atoms with van der Waals surface area (Å²) < 4.78 is 1.93. The molecule has 4 heteroatoms. The Morgan fingerprint density at radius 1 is 1.33 bits per heavy atom. The molecule has 0 aliphatic heterocycles. The second-order valence-corrected chi connectivity index (χ2v) is 5.46. The molecule has 0 atom stereocenters. The topological polar surface area (TPSA) is 42.2 Å². The van der Waals surface area contributed by atoms with Crippen molar-refractivity contribution in [2.75, 3.05) is 5.32 Å². The van der Waals surface area contributed by atoms with Crippen molar-refractivity contribution in [2.45, 2.75) is 51.5 Å². The lowest BCUT2D eigenvalue weighted by Gasteiger charge is -2.12. The van der Waals surface area contributed by atoms with Crippen LogP contribution in [0.5, 0.6) is 0 Å². The third-order valence-corrected chi connectivity index (χ3v) is 3.70. The van der Waals surface area contributed by atoms with Crippen LogP contribution in [-0.4, -0.2) is 20.6 Å². The summed E-state index contributed by atoms with van der Waals surface area (Å²) in [7, 11) is 0. The van der Waals surface area contributed by atoms with Gasteiger partial charge in [-0.2, -0.15) is 5.10 Å². The Labute approximate surface area is 107 Å². The Morgan fingerprint density at radius 2 is 2.11 bits per heavy atom. The molecule has 2 heterocycles. The fourth-order valence-corrected chi connectivity index (χ4v) is 2.60. The van der Waals surface area contributed by atoms with Crippen molar-refractivity contribution in [1.82, 2.24) is 14.6 Å². The van der Waals surface area contributed by atoms with Gasteiger partial charge in [-0.05, 0) is 24.8 Å². The summed E-state index contributed by atoms with van der Waals surface area (Å²) >= 11 is 0. The van der Waals surface area contributed by atoms with Crippen LogP contribution in [0.3, 0.4) is 0 Å². The SMILES string of the molecule is CC(C)c1cc2c(NC3CCCC3)nccn2n1. The van der Waals surface area contributed by atoms with Gasteiger partial charge in [0.15, 0.2) is 5.82 Å². The molecular weight excluding hydrogens is 224 g/mol. The predicted octanol–water partition coefficient (Wildman–Crippen LogP) is 3.21. The van der Waals surface area contributed by atoms with Crippen LogP contribution >= 0.6 is 0 Å². The molecule has 1 aliphatic rings. The zero-order valence-electron chi connectivity index (χ0n) is 11.1. The molecule has 1 saturated carbocycles. The Kier molecular flexibility index (Phi) is 2.94. The van der Waals surface area contributed by atoms with Crippen LogP contribution in [0, 0.1) is 0 Å². The van der Waals surface area contributed by atoms with Crippen molar-refractivity contribution >= 4 is 11.3 Å². The van der Waals surface area contributed by atoms with Gasteiger partial charge in [-0.1, -0.05) is 26.7 Å². The molecule has 0 unspecified atom stereocenters. The standard InChI is InChI=1S/C14H20N4/c1-10(2)12-9-13-14(15-7-8-18(13)17-12)16-11-5-3-4-6-11/h7-11H,3-6H2,1-2H3,(H,15,16). The van der Waals surface area contributed by atoms with E-state index in [-0.39, 0.29) is 0 Å². The number of fused-ring (bicyclic) bond motifs is 1. The van der Waals surface area contributed by atoms with E-state index in [1.807, 2.05) is 16.9 Å². The first-order chi connectivity index (χ1) is 8.74. The van der Waals surface area contributed by atoms with Gasteiger partial charge in [-0.3, -0.25) is 0 Å². The van der Waals surface area contributed by atoms with E-state index in [4.69, 9.17) is 0 Å². The molecule has 1 N–H and O–H groups in total. The number of rotatable bonds is 3. The summed E-state index contributed by atoms with van der Waals surface area (Å²) in [6.07, 6.45) is 8.92. The summed E-state index contributed by atoms with van der Waals surface area (Å²) in [4.78, 5) is 4.47. The minimum atomic E-state index is 0.448. The van der Waals surface area contributed by atoms with Gasteiger partial charge in [0, 0.05) is 18.4 Å². The first kappa shape index (κ1) is 11.5. The molecule has 0 saturated heterocycles. The highest BCUT2D eigenvalue weighted by molar-refractivity contribution is 5.68. The van der Waals surface area contributed by atoms with Crippen LogP contribution in [0.25, 0.3) is 5.52 Å². The van der Waals surface area contributed by atoms with Gasteiger partial charge >= 0.3 is 0 Å². The predicted molar refractivity (Wildman–Crippen MR) is 73.0 cm³/mol. The minimum absolute atomic E-state index is 0.448. The molecule has 0 spiro atoms. The van der Waals surface area contributed by atoms with Crippen molar-refractivity contribution < 1.29 is 0 Å². The lowest BCUT2D eigenvalue weighted by Crippen LogP contribution is -2.16. The molecule has 4 nitrogen and oxygen atoms in total. The largest absolute Gasteiger partial charge is 0.366 e. The van der Waals surface area contributed by atoms with Gasteiger partial charge in [0.05, 0.1) is 5.69 Å². The normalized spacial score (nSPS) is 16.8. The number of aromatic nitrogens is 3. The van der Waals surface area contributed by atoms with Crippen molar-refractivity contribution in [3.63, 3.8) is 0 Å². The van der Waals surface area contributed by atoms with Gasteiger partial charge in [-0.15, -0.1) is 0 Å². The highest BCUT2D eigenvalue weighted by Gasteiger charge is 2.17. The van der Waals surface area contributed by atoms with Gasteiger partial charge in [0.2, 0.25) is 0 Å². The van der Waals surface area contributed by atoms with Gasteiger partial charge in [0.1, 0.15) is 5.52 Å². The molecule has 18 heavy (non-hydrogen) atoms.